The second kappa shape index (κ2) is 5.85. The number of aryl methyl sites for hydroxylation is 1. The maximum Gasteiger partial charge on any atom is 0.0537 e. The van der Waals surface area contributed by atoms with Crippen LogP contribution in [0.2, 0.25) is 0 Å². The van der Waals surface area contributed by atoms with E-state index < -0.39 is 0 Å². The first-order valence-electron chi connectivity index (χ1n) is 7.02. The Bertz CT molecular complexity index is 372. The zero-order chi connectivity index (χ0) is 13.1. The summed E-state index contributed by atoms with van der Waals surface area (Å²) in [5.41, 5.74) is 1.33. The van der Waals surface area contributed by atoms with Crippen LogP contribution in [0.15, 0.2) is 12.4 Å². The van der Waals surface area contributed by atoms with Crippen molar-refractivity contribution in [2.45, 2.75) is 39.3 Å². The van der Waals surface area contributed by atoms with Crippen LogP contribution in [0, 0.1) is 5.92 Å². The van der Waals surface area contributed by atoms with Crippen molar-refractivity contribution in [1.29, 1.82) is 0 Å². The van der Waals surface area contributed by atoms with Crippen LogP contribution in [0.4, 0.5) is 0 Å². The maximum absolute atomic E-state index is 4.27. The van der Waals surface area contributed by atoms with E-state index in [1.54, 1.807) is 0 Å². The van der Waals surface area contributed by atoms with Crippen LogP contribution in [0.25, 0.3) is 0 Å². The first-order chi connectivity index (χ1) is 8.56. The summed E-state index contributed by atoms with van der Waals surface area (Å²) in [6.45, 7) is 10.3. The van der Waals surface area contributed by atoms with Crippen molar-refractivity contribution in [3.8, 4) is 0 Å². The van der Waals surface area contributed by atoms with Crippen LogP contribution >= 0.6 is 0 Å². The van der Waals surface area contributed by atoms with Crippen molar-refractivity contribution >= 4 is 0 Å². The molecule has 2 unspecified atom stereocenters. The molecule has 0 aliphatic carbocycles. The smallest absolute Gasteiger partial charge is 0.0537 e. The van der Waals surface area contributed by atoms with E-state index in [1.807, 2.05) is 17.9 Å². The molecule has 0 radical (unpaired) electrons. The molecule has 1 aromatic heterocycles. The zero-order valence-corrected chi connectivity index (χ0v) is 12.1. The fraction of sp³-hybridized carbons (Fsp3) is 0.786. The third-order valence-corrected chi connectivity index (χ3v) is 3.89. The molecule has 4 nitrogen and oxygen atoms in total. The lowest BCUT2D eigenvalue weighted by atomic mass is 10.1. The van der Waals surface area contributed by atoms with Gasteiger partial charge in [-0.25, -0.2) is 0 Å². The van der Waals surface area contributed by atoms with Crippen molar-refractivity contribution in [1.82, 2.24) is 20.0 Å². The Morgan fingerprint density at radius 3 is 2.83 bits per heavy atom. The number of rotatable bonds is 5. The lowest BCUT2D eigenvalue weighted by Gasteiger charge is -2.23. The average Bonchev–Trinajstić information content (AvgIpc) is 2.94. The third kappa shape index (κ3) is 3.33. The van der Waals surface area contributed by atoms with Crippen LogP contribution in [0.3, 0.4) is 0 Å². The van der Waals surface area contributed by atoms with Gasteiger partial charge in [-0.15, -0.1) is 0 Å². The largest absolute Gasteiger partial charge is 0.314 e. The second-order valence-electron chi connectivity index (χ2n) is 5.84. The van der Waals surface area contributed by atoms with Gasteiger partial charge in [0.1, 0.15) is 0 Å². The molecule has 102 valence electrons. The molecule has 4 heteroatoms. The SMILES string of the molecule is CC(C)NCC1CCN(C(C)c2cnn(C)c2)C1. The molecule has 0 aromatic carbocycles. The molecule has 0 saturated carbocycles. The molecule has 0 bridgehead atoms. The lowest BCUT2D eigenvalue weighted by Crippen LogP contribution is -2.31. The highest BCUT2D eigenvalue weighted by molar-refractivity contribution is 5.10. The fourth-order valence-electron chi connectivity index (χ4n) is 2.65. The molecule has 1 fully saturated rings. The Morgan fingerprint density at radius 1 is 1.44 bits per heavy atom. The topological polar surface area (TPSA) is 33.1 Å². The molecule has 1 aromatic rings. The minimum absolute atomic E-state index is 0.489. The summed E-state index contributed by atoms with van der Waals surface area (Å²) < 4.78 is 1.89. The Morgan fingerprint density at radius 2 is 2.22 bits per heavy atom. The molecule has 1 aliphatic heterocycles. The molecule has 1 aliphatic rings. The highest BCUT2D eigenvalue weighted by Gasteiger charge is 2.27. The van der Waals surface area contributed by atoms with Gasteiger partial charge in [0.05, 0.1) is 6.20 Å². The number of likely N-dealkylation sites (tertiary alicyclic amines) is 1. The Balaban J connectivity index is 1.84. The van der Waals surface area contributed by atoms with Crippen molar-refractivity contribution in [3.63, 3.8) is 0 Å². The van der Waals surface area contributed by atoms with E-state index in [0.29, 0.717) is 12.1 Å². The molecular formula is C14H26N4. The Labute approximate surface area is 110 Å². The molecule has 2 atom stereocenters. The molecule has 18 heavy (non-hydrogen) atoms. The van der Waals surface area contributed by atoms with Gasteiger partial charge in [0, 0.05) is 37.4 Å². The molecule has 1 N–H and O–H groups in total. The van der Waals surface area contributed by atoms with Crippen LogP contribution in [0.5, 0.6) is 0 Å². The van der Waals surface area contributed by atoms with Crippen molar-refractivity contribution in [3.05, 3.63) is 18.0 Å². The fourth-order valence-corrected chi connectivity index (χ4v) is 2.65. The molecular weight excluding hydrogens is 224 g/mol. The predicted molar refractivity (Wildman–Crippen MR) is 74.4 cm³/mol. The number of nitrogens with one attached hydrogen (secondary N) is 1. The molecule has 0 spiro atoms. The van der Waals surface area contributed by atoms with E-state index in [9.17, 15) is 0 Å². The number of hydrogen-bond donors (Lipinski definition) is 1. The minimum Gasteiger partial charge on any atom is -0.314 e. The van der Waals surface area contributed by atoms with Gasteiger partial charge in [-0.1, -0.05) is 13.8 Å². The number of aromatic nitrogens is 2. The first-order valence-corrected chi connectivity index (χ1v) is 7.02. The van der Waals surface area contributed by atoms with Crippen LogP contribution in [0.1, 0.15) is 38.8 Å². The van der Waals surface area contributed by atoms with Gasteiger partial charge in [-0.2, -0.15) is 5.10 Å². The summed E-state index contributed by atoms with van der Waals surface area (Å²) >= 11 is 0. The molecule has 2 rings (SSSR count). The van der Waals surface area contributed by atoms with Gasteiger partial charge in [0.15, 0.2) is 0 Å². The van der Waals surface area contributed by atoms with Crippen LogP contribution in [-0.2, 0) is 7.05 Å². The van der Waals surface area contributed by atoms with Crippen LogP contribution < -0.4 is 5.32 Å². The van der Waals surface area contributed by atoms with Gasteiger partial charge in [-0.05, 0) is 32.4 Å². The first kappa shape index (κ1) is 13.6. The molecule has 0 amide bonds. The highest BCUT2D eigenvalue weighted by atomic mass is 15.3. The summed E-state index contributed by atoms with van der Waals surface area (Å²) in [6.07, 6.45) is 5.43. The van der Waals surface area contributed by atoms with E-state index >= 15 is 0 Å². The highest BCUT2D eigenvalue weighted by Crippen LogP contribution is 2.26. The summed E-state index contributed by atoms with van der Waals surface area (Å²) in [7, 11) is 1.98. The average molecular weight is 250 g/mol. The van der Waals surface area contributed by atoms with Gasteiger partial charge >= 0.3 is 0 Å². The summed E-state index contributed by atoms with van der Waals surface area (Å²) in [5, 5.41) is 7.81. The van der Waals surface area contributed by atoms with E-state index in [1.165, 1.54) is 25.1 Å². The van der Waals surface area contributed by atoms with Crippen molar-refractivity contribution in [2.75, 3.05) is 19.6 Å². The van der Waals surface area contributed by atoms with E-state index in [2.05, 4.69) is 42.3 Å². The maximum atomic E-state index is 4.27. The summed E-state index contributed by atoms with van der Waals surface area (Å²) in [4.78, 5) is 2.57. The van der Waals surface area contributed by atoms with Gasteiger partial charge in [0.2, 0.25) is 0 Å². The van der Waals surface area contributed by atoms with Crippen molar-refractivity contribution < 1.29 is 0 Å². The monoisotopic (exact) mass is 250 g/mol. The van der Waals surface area contributed by atoms with E-state index in [0.717, 1.165) is 12.5 Å². The predicted octanol–water partition coefficient (Wildman–Crippen LogP) is 1.80. The molecule has 2 heterocycles. The summed E-state index contributed by atoms with van der Waals surface area (Å²) in [5.74, 6) is 0.798. The van der Waals surface area contributed by atoms with E-state index in [4.69, 9.17) is 0 Å². The number of hydrogen-bond acceptors (Lipinski definition) is 3. The lowest BCUT2D eigenvalue weighted by molar-refractivity contribution is 0.251. The third-order valence-electron chi connectivity index (χ3n) is 3.89. The Hall–Kier alpha value is -0.870. The van der Waals surface area contributed by atoms with Gasteiger partial charge in [-0.3, -0.25) is 9.58 Å². The van der Waals surface area contributed by atoms with Crippen LogP contribution in [-0.4, -0.2) is 40.4 Å². The van der Waals surface area contributed by atoms with Gasteiger partial charge in [0.25, 0.3) is 0 Å². The quantitative estimate of drug-likeness (QED) is 0.865. The number of nitrogens with zero attached hydrogens (tertiary/aromatic N) is 3. The second-order valence-corrected chi connectivity index (χ2v) is 5.84. The van der Waals surface area contributed by atoms with Crippen molar-refractivity contribution in [2.24, 2.45) is 13.0 Å². The normalized spacial score (nSPS) is 22.8. The molecule has 1 saturated heterocycles. The van der Waals surface area contributed by atoms with Gasteiger partial charge < -0.3 is 5.32 Å². The standard InChI is InChI=1S/C14H26N4/c1-11(2)15-7-13-5-6-18(9-13)12(3)14-8-16-17(4)10-14/h8,10-13,15H,5-7,9H2,1-4H3. The zero-order valence-electron chi connectivity index (χ0n) is 12.1. The van der Waals surface area contributed by atoms with E-state index in [-0.39, 0.29) is 0 Å². The Kier molecular flexibility index (Phi) is 4.40. The summed E-state index contributed by atoms with van der Waals surface area (Å²) in [6, 6.07) is 1.08. The minimum atomic E-state index is 0.489.